The Morgan fingerprint density at radius 2 is 1.03 bits per heavy atom. The quantitative estimate of drug-likeness (QED) is 0.231. The maximum Gasteiger partial charge on any atom is 0.194 e. The summed E-state index contributed by atoms with van der Waals surface area (Å²) in [5.41, 5.74) is 2.05. The Balaban J connectivity index is 1.74. The minimum atomic E-state index is -0.143. The van der Waals surface area contributed by atoms with E-state index in [9.17, 15) is 9.59 Å². The molecule has 2 heteroatoms. The van der Waals surface area contributed by atoms with Gasteiger partial charge in [-0.15, -0.1) is 0 Å². The van der Waals surface area contributed by atoms with Crippen LogP contribution < -0.4 is 0 Å². The Labute approximate surface area is 185 Å². The fourth-order valence-corrected chi connectivity index (χ4v) is 4.71. The average molecular weight is 410 g/mol. The topological polar surface area (TPSA) is 34.1 Å². The van der Waals surface area contributed by atoms with Crippen molar-refractivity contribution >= 4 is 43.9 Å². The summed E-state index contributed by atoms with van der Waals surface area (Å²) in [6.45, 7) is 0. The van der Waals surface area contributed by atoms with E-state index in [1.54, 1.807) is 24.3 Å². The van der Waals surface area contributed by atoms with E-state index in [-0.39, 0.29) is 11.6 Å². The first kappa shape index (κ1) is 18.5. The molecule has 0 aromatic heterocycles. The number of hydrogen-bond acceptors (Lipinski definition) is 2. The number of rotatable bonds is 4. The monoisotopic (exact) mass is 410 g/mol. The molecular weight excluding hydrogens is 392 g/mol. The van der Waals surface area contributed by atoms with Crippen LogP contribution in [-0.2, 0) is 0 Å². The van der Waals surface area contributed by atoms with Gasteiger partial charge in [0, 0.05) is 22.3 Å². The molecule has 32 heavy (non-hydrogen) atoms. The zero-order valence-electron chi connectivity index (χ0n) is 17.2. The highest BCUT2D eigenvalue weighted by Crippen LogP contribution is 2.38. The number of hydrogen-bond donors (Lipinski definition) is 0. The van der Waals surface area contributed by atoms with Crippen molar-refractivity contribution in [2.75, 3.05) is 0 Å². The average Bonchev–Trinajstić information content (AvgIpc) is 2.87. The van der Waals surface area contributed by atoms with Crippen molar-refractivity contribution in [2.24, 2.45) is 0 Å². The molecule has 0 radical (unpaired) electrons. The largest absolute Gasteiger partial charge is 0.289 e. The van der Waals surface area contributed by atoms with E-state index in [0.29, 0.717) is 22.3 Å². The van der Waals surface area contributed by atoms with Gasteiger partial charge in [-0.05, 0) is 38.4 Å². The van der Waals surface area contributed by atoms with Gasteiger partial charge in [-0.2, -0.15) is 0 Å². The second-order valence-corrected chi connectivity index (χ2v) is 8.05. The second kappa shape index (κ2) is 7.14. The summed E-state index contributed by atoms with van der Waals surface area (Å²) in [5.74, 6) is -0.279. The number of benzene rings is 6. The Morgan fingerprint density at radius 3 is 1.69 bits per heavy atom. The highest BCUT2D eigenvalue weighted by Gasteiger charge is 2.24. The lowest BCUT2D eigenvalue weighted by atomic mass is 9.84. The lowest BCUT2D eigenvalue weighted by molar-refractivity contribution is 0.100. The fraction of sp³-hybridized carbons (Fsp3) is 0. The Hall–Kier alpha value is -4.30. The molecule has 0 unspecified atom stereocenters. The van der Waals surface area contributed by atoms with Gasteiger partial charge in [0.25, 0.3) is 0 Å². The third-order valence-corrected chi connectivity index (χ3v) is 6.19. The minimum Gasteiger partial charge on any atom is -0.289 e. The van der Waals surface area contributed by atoms with Crippen LogP contribution in [0.5, 0.6) is 0 Å². The summed E-state index contributed by atoms with van der Waals surface area (Å²) in [5, 5.41) is 6.20. The van der Waals surface area contributed by atoms with Gasteiger partial charge in [-0.25, -0.2) is 0 Å². The van der Waals surface area contributed by atoms with E-state index in [1.807, 2.05) is 66.7 Å². The highest BCUT2D eigenvalue weighted by atomic mass is 16.1. The van der Waals surface area contributed by atoms with Crippen LogP contribution in [0.4, 0.5) is 0 Å². The maximum atomic E-state index is 13.8. The van der Waals surface area contributed by atoms with Crippen molar-refractivity contribution in [2.45, 2.75) is 0 Å². The van der Waals surface area contributed by atoms with Gasteiger partial charge < -0.3 is 0 Å². The molecule has 0 N–H and O–H groups in total. The molecule has 0 spiro atoms. The van der Waals surface area contributed by atoms with Crippen molar-refractivity contribution in [3.63, 3.8) is 0 Å². The Morgan fingerprint density at radius 1 is 0.469 bits per heavy atom. The lowest BCUT2D eigenvalue weighted by Gasteiger charge is -2.17. The van der Waals surface area contributed by atoms with Gasteiger partial charge in [-0.3, -0.25) is 9.59 Å². The predicted molar refractivity (Wildman–Crippen MR) is 130 cm³/mol. The fourth-order valence-electron chi connectivity index (χ4n) is 4.71. The minimum absolute atomic E-state index is 0.136. The summed E-state index contributed by atoms with van der Waals surface area (Å²) in [4.78, 5) is 27.4. The smallest absolute Gasteiger partial charge is 0.194 e. The van der Waals surface area contributed by atoms with E-state index in [1.165, 1.54) is 0 Å². The van der Waals surface area contributed by atoms with Gasteiger partial charge in [0.15, 0.2) is 11.6 Å². The molecule has 0 aliphatic heterocycles. The molecule has 6 aromatic rings. The van der Waals surface area contributed by atoms with Crippen LogP contribution in [0, 0.1) is 0 Å². The standard InChI is InChI=1S/C30H18O2/c31-29(21-8-3-1-4-9-21)25-18-23-15-14-19-12-7-13-20-16-17-24(27(23)26(19)20)28(25)30(32)22-10-5-2-6-11-22/h1-18H. The van der Waals surface area contributed by atoms with E-state index >= 15 is 0 Å². The van der Waals surface area contributed by atoms with Crippen LogP contribution in [0.3, 0.4) is 0 Å². The molecule has 0 fully saturated rings. The molecule has 2 nitrogen and oxygen atoms in total. The summed E-state index contributed by atoms with van der Waals surface area (Å²) in [7, 11) is 0. The van der Waals surface area contributed by atoms with E-state index in [0.717, 1.165) is 32.3 Å². The lowest BCUT2D eigenvalue weighted by Crippen LogP contribution is -2.12. The van der Waals surface area contributed by atoms with Gasteiger partial charge in [0.2, 0.25) is 0 Å². The van der Waals surface area contributed by atoms with Gasteiger partial charge in [0.05, 0.1) is 0 Å². The normalized spacial score (nSPS) is 11.4. The number of carbonyl (C=O) groups excluding carboxylic acids is 2. The molecule has 0 bridgehead atoms. The third-order valence-electron chi connectivity index (χ3n) is 6.19. The van der Waals surface area contributed by atoms with Crippen molar-refractivity contribution in [1.82, 2.24) is 0 Å². The molecule has 0 atom stereocenters. The Bertz CT molecular complexity index is 1610. The molecule has 150 valence electrons. The van der Waals surface area contributed by atoms with Crippen LogP contribution in [0.15, 0.2) is 109 Å². The van der Waals surface area contributed by atoms with Crippen molar-refractivity contribution < 1.29 is 9.59 Å². The number of ketones is 2. The van der Waals surface area contributed by atoms with Crippen molar-refractivity contribution in [1.29, 1.82) is 0 Å². The summed E-state index contributed by atoms with van der Waals surface area (Å²) < 4.78 is 0. The first-order chi connectivity index (χ1) is 15.7. The SMILES string of the molecule is O=C(c1ccccc1)c1cc2ccc3cccc4ccc(c1C(=O)c1ccccc1)c2c34. The zero-order chi connectivity index (χ0) is 21.7. The summed E-state index contributed by atoms with van der Waals surface area (Å²) in [6, 6.07) is 34.6. The third kappa shape index (κ3) is 2.74. The molecule has 0 saturated heterocycles. The maximum absolute atomic E-state index is 13.8. The van der Waals surface area contributed by atoms with Crippen LogP contribution in [0.2, 0.25) is 0 Å². The van der Waals surface area contributed by atoms with Crippen molar-refractivity contribution in [3.05, 3.63) is 131 Å². The zero-order valence-corrected chi connectivity index (χ0v) is 17.2. The number of carbonyl (C=O) groups is 2. The molecule has 0 aliphatic rings. The van der Waals surface area contributed by atoms with Crippen LogP contribution in [-0.4, -0.2) is 11.6 Å². The van der Waals surface area contributed by atoms with E-state index < -0.39 is 0 Å². The summed E-state index contributed by atoms with van der Waals surface area (Å²) >= 11 is 0. The van der Waals surface area contributed by atoms with E-state index in [4.69, 9.17) is 0 Å². The van der Waals surface area contributed by atoms with Gasteiger partial charge in [0.1, 0.15) is 0 Å². The first-order valence-electron chi connectivity index (χ1n) is 10.6. The second-order valence-electron chi connectivity index (χ2n) is 8.05. The van der Waals surface area contributed by atoms with Crippen molar-refractivity contribution in [3.8, 4) is 0 Å². The van der Waals surface area contributed by atoms with Crippen LogP contribution >= 0.6 is 0 Å². The molecule has 0 saturated carbocycles. The molecule has 6 aromatic carbocycles. The molecule has 6 rings (SSSR count). The predicted octanol–water partition coefficient (Wildman–Crippen LogP) is 7.05. The van der Waals surface area contributed by atoms with Crippen LogP contribution in [0.25, 0.3) is 32.3 Å². The molecule has 0 amide bonds. The molecular formula is C30H18O2. The molecule has 0 heterocycles. The first-order valence-corrected chi connectivity index (χ1v) is 10.6. The Kier molecular flexibility index (Phi) is 4.12. The van der Waals surface area contributed by atoms with E-state index in [2.05, 4.69) is 18.2 Å². The van der Waals surface area contributed by atoms with Gasteiger partial charge in [-0.1, -0.05) is 103 Å². The summed E-state index contributed by atoms with van der Waals surface area (Å²) in [6.07, 6.45) is 0. The highest BCUT2D eigenvalue weighted by molar-refractivity contribution is 6.32. The molecule has 0 aliphatic carbocycles. The van der Waals surface area contributed by atoms with Gasteiger partial charge >= 0.3 is 0 Å². The van der Waals surface area contributed by atoms with Crippen LogP contribution in [0.1, 0.15) is 31.8 Å².